The predicted molar refractivity (Wildman–Crippen MR) is 108 cm³/mol. The largest absolute Gasteiger partial charge is 0.388 e. The zero-order valence-electron chi connectivity index (χ0n) is 15.3. The Labute approximate surface area is 151 Å². The van der Waals surface area contributed by atoms with Crippen LogP contribution < -0.4 is 5.32 Å². The van der Waals surface area contributed by atoms with Crippen LogP contribution in [0.1, 0.15) is 30.9 Å². The van der Waals surface area contributed by atoms with Gasteiger partial charge in [-0.2, -0.15) is 0 Å². The number of allylic oxidation sites excluding steroid dienone is 2. The zero-order valence-corrected chi connectivity index (χ0v) is 15.3. The van der Waals surface area contributed by atoms with Gasteiger partial charge in [-0.05, 0) is 67.8 Å². The van der Waals surface area contributed by atoms with E-state index in [0.29, 0.717) is 0 Å². The van der Waals surface area contributed by atoms with Crippen molar-refractivity contribution in [3.05, 3.63) is 66.5 Å². The minimum atomic E-state index is 0.965. The van der Waals surface area contributed by atoms with E-state index in [1.54, 1.807) is 0 Å². The molecule has 1 aromatic heterocycles. The first kappa shape index (κ1) is 17.4. The van der Waals surface area contributed by atoms with Crippen molar-refractivity contribution in [1.82, 2.24) is 9.88 Å². The quantitative estimate of drug-likeness (QED) is 0.756. The highest BCUT2D eigenvalue weighted by Gasteiger charge is 2.13. The van der Waals surface area contributed by atoms with Gasteiger partial charge in [-0.3, -0.25) is 9.88 Å². The molecule has 3 nitrogen and oxygen atoms in total. The summed E-state index contributed by atoms with van der Waals surface area (Å²) in [6.45, 7) is 13.6. The van der Waals surface area contributed by atoms with Crippen LogP contribution in [0.2, 0.25) is 0 Å². The fourth-order valence-electron chi connectivity index (χ4n) is 3.35. The summed E-state index contributed by atoms with van der Waals surface area (Å²) < 4.78 is 0. The van der Waals surface area contributed by atoms with Gasteiger partial charge in [-0.1, -0.05) is 24.8 Å². The Morgan fingerprint density at radius 1 is 1.12 bits per heavy atom. The highest BCUT2D eigenvalue weighted by molar-refractivity contribution is 5.86. The Morgan fingerprint density at radius 2 is 1.88 bits per heavy atom. The van der Waals surface area contributed by atoms with Crippen LogP contribution in [-0.4, -0.2) is 30.0 Å². The molecule has 2 heterocycles. The molecule has 0 bridgehead atoms. The first-order chi connectivity index (χ1) is 12.1. The number of pyridine rings is 1. The van der Waals surface area contributed by atoms with Crippen molar-refractivity contribution in [3.8, 4) is 11.1 Å². The van der Waals surface area contributed by atoms with Crippen LogP contribution in [0.4, 0.5) is 5.69 Å². The number of rotatable bonds is 6. The second kappa shape index (κ2) is 7.66. The van der Waals surface area contributed by atoms with E-state index in [2.05, 4.69) is 52.6 Å². The molecule has 0 amide bonds. The minimum absolute atomic E-state index is 0.965. The maximum atomic E-state index is 4.47. The molecule has 3 rings (SSSR count). The van der Waals surface area contributed by atoms with E-state index in [4.69, 9.17) is 0 Å². The van der Waals surface area contributed by atoms with Gasteiger partial charge in [-0.15, -0.1) is 0 Å². The fourth-order valence-corrected chi connectivity index (χ4v) is 3.35. The number of nitrogens with zero attached hydrogens (tertiary/aromatic N) is 2. The third-order valence-electron chi connectivity index (χ3n) is 4.86. The standard InChI is InChI=1S/C22H27N3/c1-16(2)17(3)21-12-19(7-8-22(21)23-4)20-11-18(13-24-14-20)15-25-9-5-6-10-25/h7-8,11-14,23H,1,3,5-6,9-10,15H2,2,4H3. The number of likely N-dealkylation sites (tertiary alicyclic amines) is 1. The summed E-state index contributed by atoms with van der Waals surface area (Å²) in [5, 5.41) is 3.25. The summed E-state index contributed by atoms with van der Waals surface area (Å²) in [4.78, 5) is 6.97. The Morgan fingerprint density at radius 3 is 2.56 bits per heavy atom. The second-order valence-electron chi connectivity index (χ2n) is 6.83. The van der Waals surface area contributed by atoms with Crippen LogP contribution in [0.15, 0.2) is 55.4 Å². The second-order valence-corrected chi connectivity index (χ2v) is 6.83. The molecule has 1 N–H and O–H groups in total. The first-order valence-electron chi connectivity index (χ1n) is 8.92. The molecule has 0 unspecified atom stereocenters. The van der Waals surface area contributed by atoms with Crippen LogP contribution in [0, 0.1) is 0 Å². The summed E-state index contributed by atoms with van der Waals surface area (Å²) in [6, 6.07) is 8.68. The zero-order chi connectivity index (χ0) is 17.8. The molecule has 1 saturated heterocycles. The number of benzene rings is 1. The maximum absolute atomic E-state index is 4.47. The topological polar surface area (TPSA) is 28.2 Å². The molecule has 1 fully saturated rings. The minimum Gasteiger partial charge on any atom is -0.388 e. The lowest BCUT2D eigenvalue weighted by Crippen LogP contribution is -2.18. The van der Waals surface area contributed by atoms with Crippen LogP contribution >= 0.6 is 0 Å². The van der Waals surface area contributed by atoms with E-state index in [1.807, 2.05) is 26.4 Å². The molecular weight excluding hydrogens is 306 g/mol. The van der Waals surface area contributed by atoms with Crippen molar-refractivity contribution >= 4 is 11.3 Å². The fraction of sp³-hybridized carbons (Fsp3) is 0.318. The highest BCUT2D eigenvalue weighted by Crippen LogP contribution is 2.32. The molecular formula is C22H27N3. The van der Waals surface area contributed by atoms with Crippen molar-refractivity contribution in [3.63, 3.8) is 0 Å². The van der Waals surface area contributed by atoms with E-state index in [0.717, 1.165) is 40.1 Å². The molecule has 2 aromatic rings. The lowest BCUT2D eigenvalue weighted by molar-refractivity contribution is 0.331. The molecule has 130 valence electrons. The lowest BCUT2D eigenvalue weighted by atomic mass is 9.95. The van der Waals surface area contributed by atoms with Crippen LogP contribution in [0.5, 0.6) is 0 Å². The molecule has 0 saturated carbocycles. The van der Waals surface area contributed by atoms with E-state index < -0.39 is 0 Å². The lowest BCUT2D eigenvalue weighted by Gasteiger charge is -2.16. The van der Waals surface area contributed by atoms with Crippen molar-refractivity contribution in [2.45, 2.75) is 26.3 Å². The van der Waals surface area contributed by atoms with Gasteiger partial charge in [0.1, 0.15) is 0 Å². The molecule has 1 aliphatic rings. The monoisotopic (exact) mass is 333 g/mol. The smallest absolute Gasteiger partial charge is 0.0417 e. The van der Waals surface area contributed by atoms with Crippen molar-refractivity contribution in [2.75, 3.05) is 25.5 Å². The van der Waals surface area contributed by atoms with Gasteiger partial charge < -0.3 is 5.32 Å². The molecule has 0 radical (unpaired) electrons. The number of hydrogen-bond acceptors (Lipinski definition) is 3. The average molecular weight is 333 g/mol. The third-order valence-corrected chi connectivity index (χ3v) is 4.86. The summed E-state index contributed by atoms with van der Waals surface area (Å²) >= 11 is 0. The molecule has 1 aromatic carbocycles. The van der Waals surface area contributed by atoms with Crippen molar-refractivity contribution < 1.29 is 0 Å². The number of nitrogens with one attached hydrogen (secondary N) is 1. The van der Waals surface area contributed by atoms with Crippen molar-refractivity contribution in [1.29, 1.82) is 0 Å². The third kappa shape index (κ3) is 3.99. The number of aromatic nitrogens is 1. The van der Waals surface area contributed by atoms with Gasteiger partial charge in [0.25, 0.3) is 0 Å². The van der Waals surface area contributed by atoms with Crippen LogP contribution in [0.25, 0.3) is 16.7 Å². The van der Waals surface area contributed by atoms with Crippen LogP contribution in [-0.2, 0) is 6.54 Å². The number of hydrogen-bond donors (Lipinski definition) is 1. The Balaban J connectivity index is 1.92. The van der Waals surface area contributed by atoms with Gasteiger partial charge in [0.15, 0.2) is 0 Å². The van der Waals surface area contributed by atoms with E-state index >= 15 is 0 Å². The Hall–Kier alpha value is -2.39. The molecule has 0 aliphatic carbocycles. The molecule has 1 aliphatic heterocycles. The van der Waals surface area contributed by atoms with Gasteiger partial charge in [0.05, 0.1) is 0 Å². The molecule has 0 atom stereocenters. The summed E-state index contributed by atoms with van der Waals surface area (Å²) in [5.74, 6) is 0. The summed E-state index contributed by atoms with van der Waals surface area (Å²) in [7, 11) is 1.93. The maximum Gasteiger partial charge on any atom is 0.0417 e. The van der Waals surface area contributed by atoms with Crippen LogP contribution in [0.3, 0.4) is 0 Å². The van der Waals surface area contributed by atoms with E-state index in [9.17, 15) is 0 Å². The Bertz CT molecular complexity index is 786. The van der Waals surface area contributed by atoms with E-state index in [1.165, 1.54) is 31.5 Å². The summed E-state index contributed by atoms with van der Waals surface area (Å²) in [5.41, 5.74) is 7.69. The first-order valence-corrected chi connectivity index (χ1v) is 8.92. The SMILES string of the molecule is C=C(C)C(=C)c1cc(-c2cncc(CN3CCCC3)c2)ccc1NC. The molecule has 3 heteroatoms. The van der Waals surface area contributed by atoms with Gasteiger partial charge in [0.2, 0.25) is 0 Å². The average Bonchev–Trinajstić information content (AvgIpc) is 3.13. The van der Waals surface area contributed by atoms with E-state index in [-0.39, 0.29) is 0 Å². The number of anilines is 1. The van der Waals surface area contributed by atoms with Gasteiger partial charge in [-0.25, -0.2) is 0 Å². The van der Waals surface area contributed by atoms with Gasteiger partial charge in [0, 0.05) is 42.8 Å². The molecule has 25 heavy (non-hydrogen) atoms. The Kier molecular flexibility index (Phi) is 5.34. The summed E-state index contributed by atoms with van der Waals surface area (Å²) in [6.07, 6.45) is 6.54. The highest BCUT2D eigenvalue weighted by atomic mass is 15.1. The van der Waals surface area contributed by atoms with Gasteiger partial charge >= 0.3 is 0 Å². The normalized spacial score (nSPS) is 14.5. The molecule has 0 spiro atoms. The van der Waals surface area contributed by atoms with Crippen molar-refractivity contribution in [2.24, 2.45) is 0 Å². The predicted octanol–water partition coefficient (Wildman–Crippen LogP) is 4.98.